The summed E-state index contributed by atoms with van der Waals surface area (Å²) in [6.45, 7) is 0. The predicted octanol–water partition coefficient (Wildman–Crippen LogP) is 2.52. The smallest absolute Gasteiger partial charge is 0.307 e. The first-order valence-electron chi connectivity index (χ1n) is 8.07. The highest BCUT2D eigenvalue weighted by atomic mass is 32.2. The van der Waals surface area contributed by atoms with Gasteiger partial charge in [0.05, 0.1) is 30.8 Å². The van der Waals surface area contributed by atoms with Crippen LogP contribution in [0.3, 0.4) is 0 Å². The highest BCUT2D eigenvalue weighted by Gasteiger charge is 2.61. The minimum atomic E-state index is -3.73. The summed E-state index contributed by atoms with van der Waals surface area (Å²) in [5.41, 5.74) is -0.171. The van der Waals surface area contributed by atoms with Crippen molar-refractivity contribution in [3.8, 4) is 11.5 Å². The van der Waals surface area contributed by atoms with E-state index in [1.807, 2.05) is 6.07 Å². The van der Waals surface area contributed by atoms with E-state index in [2.05, 4.69) is 0 Å². The maximum absolute atomic E-state index is 13.0. The Morgan fingerprint density at radius 3 is 2.31 bits per heavy atom. The van der Waals surface area contributed by atoms with Crippen molar-refractivity contribution in [1.82, 2.24) is 0 Å². The lowest BCUT2D eigenvalue weighted by Crippen LogP contribution is -2.25. The number of carbonyl (C=O) groups is 1. The van der Waals surface area contributed by atoms with Crippen molar-refractivity contribution >= 4 is 15.8 Å². The van der Waals surface area contributed by atoms with Crippen LogP contribution >= 0.6 is 0 Å². The van der Waals surface area contributed by atoms with Crippen molar-refractivity contribution < 1.29 is 27.8 Å². The van der Waals surface area contributed by atoms with E-state index in [4.69, 9.17) is 9.47 Å². The van der Waals surface area contributed by atoms with Gasteiger partial charge in [0, 0.05) is 11.5 Å². The van der Waals surface area contributed by atoms with E-state index < -0.39 is 27.1 Å². The monoisotopic (exact) mass is 376 g/mol. The molecule has 0 aromatic heterocycles. The quantitative estimate of drug-likeness (QED) is 0.799. The predicted molar refractivity (Wildman–Crippen MR) is 95.5 cm³/mol. The van der Waals surface area contributed by atoms with Gasteiger partial charge in [0.1, 0.15) is 0 Å². The molecule has 1 aliphatic rings. The maximum Gasteiger partial charge on any atom is 0.307 e. The van der Waals surface area contributed by atoms with Gasteiger partial charge in [-0.25, -0.2) is 8.42 Å². The van der Waals surface area contributed by atoms with Crippen LogP contribution in [-0.2, 0) is 20.0 Å². The first-order chi connectivity index (χ1) is 12.3. The standard InChI is InChI=1S/C19H20O6S/c1-24-16-9-8-14(10-17(16)25-2)26(22,23)12-19(11-15(19)18(20)21)13-6-4-3-5-7-13/h3-10,15H,11-12H2,1-2H3,(H,20,21). The molecule has 2 atom stereocenters. The topological polar surface area (TPSA) is 89.9 Å². The molecule has 1 aliphatic carbocycles. The molecule has 0 saturated heterocycles. The zero-order valence-corrected chi connectivity index (χ0v) is 15.3. The van der Waals surface area contributed by atoms with Gasteiger partial charge in [-0.05, 0) is 24.1 Å². The van der Waals surface area contributed by atoms with E-state index in [-0.39, 0.29) is 10.6 Å². The average molecular weight is 376 g/mol. The number of rotatable bonds is 7. The number of methoxy groups -OCH3 is 2. The van der Waals surface area contributed by atoms with E-state index >= 15 is 0 Å². The lowest BCUT2D eigenvalue weighted by molar-refractivity contribution is -0.138. The number of sulfone groups is 1. The molecular formula is C19H20O6S. The first-order valence-corrected chi connectivity index (χ1v) is 9.72. The Kier molecular flexibility index (Phi) is 4.66. The van der Waals surface area contributed by atoms with E-state index in [1.165, 1.54) is 32.4 Å². The third kappa shape index (κ3) is 3.14. The zero-order valence-electron chi connectivity index (χ0n) is 14.5. The van der Waals surface area contributed by atoms with Crippen LogP contribution in [0.4, 0.5) is 0 Å². The number of carboxylic acid groups (broad SMARTS) is 1. The largest absolute Gasteiger partial charge is 0.493 e. The van der Waals surface area contributed by atoms with Crippen molar-refractivity contribution in [3.63, 3.8) is 0 Å². The molecule has 2 unspecified atom stereocenters. The van der Waals surface area contributed by atoms with E-state index in [1.54, 1.807) is 24.3 Å². The van der Waals surface area contributed by atoms with Crippen molar-refractivity contribution in [2.24, 2.45) is 5.92 Å². The van der Waals surface area contributed by atoms with Gasteiger partial charge in [-0.2, -0.15) is 0 Å². The van der Waals surface area contributed by atoms with Crippen LogP contribution in [0.1, 0.15) is 12.0 Å². The molecule has 2 aromatic carbocycles. The number of carboxylic acids is 1. The minimum absolute atomic E-state index is 0.0847. The van der Waals surface area contributed by atoms with Crippen LogP contribution < -0.4 is 9.47 Å². The summed E-state index contributed by atoms with van der Waals surface area (Å²) in [6, 6.07) is 13.4. The summed E-state index contributed by atoms with van der Waals surface area (Å²) in [5, 5.41) is 9.44. The fraction of sp³-hybridized carbons (Fsp3) is 0.316. The van der Waals surface area contributed by atoms with Crippen LogP contribution in [0.15, 0.2) is 53.4 Å². The molecule has 138 valence electrons. The van der Waals surface area contributed by atoms with E-state index in [9.17, 15) is 18.3 Å². The summed E-state index contributed by atoms with van der Waals surface area (Å²) >= 11 is 0. The molecule has 0 heterocycles. The minimum Gasteiger partial charge on any atom is -0.493 e. The molecule has 6 nitrogen and oxygen atoms in total. The zero-order chi connectivity index (χ0) is 18.9. The number of aliphatic carboxylic acids is 1. The summed E-state index contributed by atoms with van der Waals surface area (Å²) in [7, 11) is -0.825. The second kappa shape index (κ2) is 6.64. The Hall–Kier alpha value is -2.54. The van der Waals surface area contributed by atoms with Crippen LogP contribution in [-0.4, -0.2) is 39.5 Å². The second-order valence-electron chi connectivity index (χ2n) is 6.39. The summed E-state index contributed by atoms with van der Waals surface area (Å²) in [5.74, 6) is -1.21. The summed E-state index contributed by atoms with van der Waals surface area (Å²) in [4.78, 5) is 11.6. The van der Waals surface area contributed by atoms with Crippen molar-refractivity contribution in [3.05, 3.63) is 54.1 Å². The molecular weight excluding hydrogens is 356 g/mol. The SMILES string of the molecule is COc1ccc(S(=O)(=O)CC2(c3ccccc3)CC2C(=O)O)cc1OC. The summed E-state index contributed by atoms with van der Waals surface area (Å²) < 4.78 is 36.3. The molecule has 2 aromatic rings. The van der Waals surface area contributed by atoms with Crippen LogP contribution in [0.25, 0.3) is 0 Å². The van der Waals surface area contributed by atoms with Crippen molar-refractivity contribution in [2.45, 2.75) is 16.7 Å². The molecule has 0 radical (unpaired) electrons. The van der Waals surface area contributed by atoms with Crippen LogP contribution in [0, 0.1) is 5.92 Å². The van der Waals surface area contributed by atoms with Gasteiger partial charge in [-0.3, -0.25) is 4.79 Å². The first kappa shape index (κ1) is 18.3. The Balaban J connectivity index is 1.98. The fourth-order valence-corrected chi connectivity index (χ4v) is 5.29. The molecule has 1 fully saturated rings. The highest BCUT2D eigenvalue weighted by Crippen LogP contribution is 2.55. The van der Waals surface area contributed by atoms with Crippen molar-refractivity contribution in [1.29, 1.82) is 0 Å². The number of ether oxygens (including phenoxy) is 2. The molecule has 0 aliphatic heterocycles. The normalized spacial score (nSPS) is 21.8. The third-order valence-electron chi connectivity index (χ3n) is 4.88. The lowest BCUT2D eigenvalue weighted by atomic mass is 9.95. The number of benzene rings is 2. The molecule has 7 heteroatoms. The van der Waals surface area contributed by atoms with Gasteiger partial charge in [-0.1, -0.05) is 30.3 Å². The molecule has 1 saturated carbocycles. The number of hydrogen-bond donors (Lipinski definition) is 1. The van der Waals surface area contributed by atoms with Crippen LogP contribution in [0.5, 0.6) is 11.5 Å². The Morgan fingerprint density at radius 1 is 1.12 bits per heavy atom. The Morgan fingerprint density at radius 2 is 1.77 bits per heavy atom. The lowest BCUT2D eigenvalue weighted by Gasteiger charge is -2.18. The third-order valence-corrected chi connectivity index (χ3v) is 6.75. The van der Waals surface area contributed by atoms with E-state index in [0.717, 1.165) is 5.56 Å². The van der Waals surface area contributed by atoms with Gasteiger partial charge in [-0.15, -0.1) is 0 Å². The molecule has 0 amide bonds. The van der Waals surface area contributed by atoms with Gasteiger partial charge < -0.3 is 14.6 Å². The second-order valence-corrected chi connectivity index (χ2v) is 8.38. The Bertz CT molecular complexity index is 922. The van der Waals surface area contributed by atoms with Gasteiger partial charge in [0.15, 0.2) is 21.3 Å². The molecule has 1 N–H and O–H groups in total. The van der Waals surface area contributed by atoms with Gasteiger partial charge in [0.2, 0.25) is 0 Å². The number of hydrogen-bond acceptors (Lipinski definition) is 5. The molecule has 0 bridgehead atoms. The molecule has 3 rings (SSSR count). The van der Waals surface area contributed by atoms with Crippen LogP contribution in [0.2, 0.25) is 0 Å². The average Bonchev–Trinajstić information content (AvgIpc) is 3.37. The maximum atomic E-state index is 13.0. The van der Waals surface area contributed by atoms with E-state index in [0.29, 0.717) is 17.9 Å². The summed E-state index contributed by atoms with van der Waals surface area (Å²) in [6.07, 6.45) is 0.304. The van der Waals surface area contributed by atoms with Gasteiger partial charge >= 0.3 is 5.97 Å². The fourth-order valence-electron chi connectivity index (χ4n) is 3.39. The molecule has 0 spiro atoms. The molecule has 26 heavy (non-hydrogen) atoms. The Labute approximate surface area is 152 Å². The highest BCUT2D eigenvalue weighted by molar-refractivity contribution is 7.91. The van der Waals surface area contributed by atoms with Crippen molar-refractivity contribution in [2.75, 3.05) is 20.0 Å². The van der Waals surface area contributed by atoms with Gasteiger partial charge in [0.25, 0.3) is 0 Å².